The van der Waals surface area contributed by atoms with Crippen molar-refractivity contribution >= 4 is 27.8 Å². The monoisotopic (exact) mass is 310 g/mol. The summed E-state index contributed by atoms with van der Waals surface area (Å²) in [6.45, 7) is 1.96. The average Bonchev–Trinajstić information content (AvgIpc) is 2.87. The molecule has 0 fully saturated rings. The van der Waals surface area contributed by atoms with Crippen molar-refractivity contribution in [3.05, 3.63) is 48.0 Å². The largest absolute Gasteiger partial charge is 0.465 e. The Balaban J connectivity index is 2.13. The summed E-state index contributed by atoms with van der Waals surface area (Å²) in [6.07, 6.45) is 1.06. The molecular formula is C19H22N2O2. The van der Waals surface area contributed by atoms with Crippen LogP contribution in [0.4, 0.5) is 0 Å². The zero-order valence-corrected chi connectivity index (χ0v) is 13.9. The number of hydrogen-bond acceptors (Lipinski definition) is 3. The van der Waals surface area contributed by atoms with Crippen molar-refractivity contribution in [3.8, 4) is 0 Å². The first-order valence-electron chi connectivity index (χ1n) is 7.86. The SMILES string of the molecule is COC(=O)c1ccc2c3ccccc3n(CCCN(C)C)c2c1. The molecule has 1 heterocycles. The summed E-state index contributed by atoms with van der Waals surface area (Å²) in [5.74, 6) is -0.294. The maximum absolute atomic E-state index is 11.8. The highest BCUT2D eigenvalue weighted by Crippen LogP contribution is 2.30. The Morgan fingerprint density at radius 2 is 1.83 bits per heavy atom. The van der Waals surface area contributed by atoms with Gasteiger partial charge < -0.3 is 14.2 Å². The van der Waals surface area contributed by atoms with Crippen molar-refractivity contribution in [2.24, 2.45) is 0 Å². The Labute approximate surface area is 136 Å². The molecule has 0 bridgehead atoms. The van der Waals surface area contributed by atoms with Crippen LogP contribution in [0, 0.1) is 0 Å². The Hall–Kier alpha value is -2.33. The topological polar surface area (TPSA) is 34.5 Å². The van der Waals surface area contributed by atoms with Gasteiger partial charge in [-0.3, -0.25) is 0 Å². The predicted octanol–water partition coefficient (Wildman–Crippen LogP) is 3.53. The van der Waals surface area contributed by atoms with Gasteiger partial charge in [0.25, 0.3) is 0 Å². The molecule has 1 aromatic heterocycles. The van der Waals surface area contributed by atoms with Crippen LogP contribution in [-0.2, 0) is 11.3 Å². The molecule has 0 aliphatic carbocycles. The number of ether oxygens (including phenoxy) is 1. The van der Waals surface area contributed by atoms with Crippen LogP contribution in [0.5, 0.6) is 0 Å². The van der Waals surface area contributed by atoms with Crippen LogP contribution in [0.3, 0.4) is 0 Å². The molecule has 0 aliphatic rings. The van der Waals surface area contributed by atoms with E-state index in [2.05, 4.69) is 47.8 Å². The van der Waals surface area contributed by atoms with E-state index in [1.165, 1.54) is 23.4 Å². The molecule has 3 rings (SSSR count). The van der Waals surface area contributed by atoms with E-state index in [1.807, 2.05) is 18.2 Å². The van der Waals surface area contributed by atoms with E-state index in [1.54, 1.807) is 0 Å². The van der Waals surface area contributed by atoms with Crippen molar-refractivity contribution in [2.75, 3.05) is 27.7 Å². The highest BCUT2D eigenvalue weighted by Gasteiger charge is 2.13. The summed E-state index contributed by atoms with van der Waals surface area (Å²) in [4.78, 5) is 14.0. The molecule has 2 aromatic carbocycles. The molecule has 0 unspecified atom stereocenters. The van der Waals surface area contributed by atoms with Gasteiger partial charge in [0.15, 0.2) is 0 Å². The third-order valence-corrected chi connectivity index (χ3v) is 4.18. The first kappa shape index (κ1) is 15.6. The van der Waals surface area contributed by atoms with E-state index in [0.29, 0.717) is 5.56 Å². The van der Waals surface area contributed by atoms with Gasteiger partial charge in [0.05, 0.1) is 12.7 Å². The fourth-order valence-electron chi connectivity index (χ4n) is 3.08. The number of nitrogens with zero attached hydrogens (tertiary/aromatic N) is 2. The molecule has 0 spiro atoms. The molecular weight excluding hydrogens is 288 g/mol. The number of carbonyl (C=O) groups is 1. The number of esters is 1. The summed E-state index contributed by atoms with van der Waals surface area (Å²) in [5.41, 5.74) is 2.90. The second kappa shape index (κ2) is 6.42. The lowest BCUT2D eigenvalue weighted by Gasteiger charge is -2.12. The van der Waals surface area contributed by atoms with Crippen molar-refractivity contribution in [1.29, 1.82) is 0 Å². The number of carbonyl (C=O) groups excluding carboxylic acids is 1. The number of aromatic nitrogens is 1. The fourth-order valence-corrected chi connectivity index (χ4v) is 3.08. The number of rotatable bonds is 5. The van der Waals surface area contributed by atoms with Gasteiger partial charge in [-0.2, -0.15) is 0 Å². The van der Waals surface area contributed by atoms with Crippen molar-refractivity contribution in [1.82, 2.24) is 9.47 Å². The van der Waals surface area contributed by atoms with Gasteiger partial charge >= 0.3 is 5.97 Å². The normalized spacial score (nSPS) is 11.5. The number of methoxy groups -OCH3 is 1. The van der Waals surface area contributed by atoms with E-state index in [0.717, 1.165) is 25.0 Å². The van der Waals surface area contributed by atoms with E-state index in [4.69, 9.17) is 4.74 Å². The zero-order valence-electron chi connectivity index (χ0n) is 13.9. The van der Waals surface area contributed by atoms with Crippen molar-refractivity contribution in [2.45, 2.75) is 13.0 Å². The van der Waals surface area contributed by atoms with Crippen LogP contribution < -0.4 is 0 Å². The maximum Gasteiger partial charge on any atom is 0.337 e. The third kappa shape index (κ3) is 2.94. The van der Waals surface area contributed by atoms with Gasteiger partial charge in [-0.05, 0) is 45.3 Å². The molecule has 0 saturated heterocycles. The molecule has 23 heavy (non-hydrogen) atoms. The van der Waals surface area contributed by atoms with Crippen LogP contribution in [0.25, 0.3) is 21.8 Å². The summed E-state index contributed by atoms with van der Waals surface area (Å²) >= 11 is 0. The molecule has 0 amide bonds. The lowest BCUT2D eigenvalue weighted by molar-refractivity contribution is 0.0601. The average molecular weight is 310 g/mol. The van der Waals surface area contributed by atoms with Crippen LogP contribution in [0.15, 0.2) is 42.5 Å². The summed E-state index contributed by atoms with van der Waals surface area (Å²) in [7, 11) is 5.58. The molecule has 0 N–H and O–H groups in total. The summed E-state index contributed by atoms with van der Waals surface area (Å²) in [6, 6.07) is 14.2. The fraction of sp³-hybridized carbons (Fsp3) is 0.316. The summed E-state index contributed by atoms with van der Waals surface area (Å²) in [5, 5.41) is 2.40. The van der Waals surface area contributed by atoms with Gasteiger partial charge in [-0.1, -0.05) is 24.3 Å². The van der Waals surface area contributed by atoms with Crippen LogP contribution >= 0.6 is 0 Å². The van der Waals surface area contributed by atoms with Gasteiger partial charge in [0, 0.05) is 28.4 Å². The third-order valence-electron chi connectivity index (χ3n) is 4.18. The zero-order chi connectivity index (χ0) is 16.4. The van der Waals surface area contributed by atoms with E-state index < -0.39 is 0 Å². The standard InChI is InChI=1S/C19H22N2O2/c1-20(2)11-6-12-21-17-8-5-4-7-15(17)16-10-9-14(13-18(16)21)19(22)23-3/h4-5,7-10,13H,6,11-12H2,1-3H3. The summed E-state index contributed by atoms with van der Waals surface area (Å²) < 4.78 is 7.16. The van der Waals surface area contributed by atoms with E-state index in [-0.39, 0.29) is 5.97 Å². The lowest BCUT2D eigenvalue weighted by Crippen LogP contribution is -2.15. The number of aryl methyl sites for hydroxylation is 1. The van der Waals surface area contributed by atoms with E-state index in [9.17, 15) is 4.79 Å². The quantitative estimate of drug-likeness (QED) is 0.676. The Bertz CT molecular complexity index is 849. The predicted molar refractivity (Wildman–Crippen MR) is 94.0 cm³/mol. The minimum atomic E-state index is -0.294. The molecule has 0 aliphatic heterocycles. The second-order valence-electron chi connectivity index (χ2n) is 6.05. The van der Waals surface area contributed by atoms with Crippen molar-refractivity contribution in [3.63, 3.8) is 0 Å². The Kier molecular flexibility index (Phi) is 4.35. The minimum absolute atomic E-state index is 0.294. The van der Waals surface area contributed by atoms with Gasteiger partial charge in [0.1, 0.15) is 0 Å². The molecule has 3 aromatic rings. The molecule has 120 valence electrons. The molecule has 0 radical (unpaired) electrons. The van der Waals surface area contributed by atoms with Gasteiger partial charge in [0.2, 0.25) is 0 Å². The van der Waals surface area contributed by atoms with Gasteiger partial charge in [-0.25, -0.2) is 4.79 Å². The number of para-hydroxylation sites is 1. The lowest BCUT2D eigenvalue weighted by atomic mass is 10.1. The second-order valence-corrected chi connectivity index (χ2v) is 6.05. The maximum atomic E-state index is 11.8. The Morgan fingerprint density at radius 3 is 2.57 bits per heavy atom. The van der Waals surface area contributed by atoms with E-state index >= 15 is 0 Å². The first-order valence-corrected chi connectivity index (χ1v) is 7.86. The highest BCUT2D eigenvalue weighted by atomic mass is 16.5. The molecule has 4 nitrogen and oxygen atoms in total. The molecule has 4 heteroatoms. The van der Waals surface area contributed by atoms with Crippen LogP contribution in [-0.4, -0.2) is 43.2 Å². The number of fused-ring (bicyclic) bond motifs is 3. The van der Waals surface area contributed by atoms with Crippen LogP contribution in [0.2, 0.25) is 0 Å². The smallest absolute Gasteiger partial charge is 0.337 e. The van der Waals surface area contributed by atoms with Crippen molar-refractivity contribution < 1.29 is 9.53 Å². The molecule has 0 atom stereocenters. The Morgan fingerprint density at radius 1 is 1.09 bits per heavy atom. The molecule has 0 saturated carbocycles. The minimum Gasteiger partial charge on any atom is -0.465 e. The van der Waals surface area contributed by atoms with Gasteiger partial charge in [-0.15, -0.1) is 0 Å². The number of hydrogen-bond donors (Lipinski definition) is 0. The highest BCUT2D eigenvalue weighted by molar-refractivity contribution is 6.09. The number of benzene rings is 2. The van der Waals surface area contributed by atoms with Crippen LogP contribution in [0.1, 0.15) is 16.8 Å². The first-order chi connectivity index (χ1) is 11.1.